The van der Waals surface area contributed by atoms with Crippen LogP contribution in [0.1, 0.15) is 57.9 Å². The summed E-state index contributed by atoms with van der Waals surface area (Å²) in [7, 11) is -0.476. The summed E-state index contributed by atoms with van der Waals surface area (Å²) >= 11 is 0. The zero-order chi connectivity index (χ0) is 12.4. The molecule has 0 rings (SSSR count). The van der Waals surface area contributed by atoms with E-state index in [2.05, 4.69) is 0 Å². The zero-order valence-corrected chi connectivity index (χ0v) is 17.3. The lowest BCUT2D eigenvalue weighted by Gasteiger charge is -2.26. The summed E-state index contributed by atoms with van der Waals surface area (Å²) in [5, 5.41) is 0. The van der Waals surface area contributed by atoms with E-state index in [0.717, 1.165) is 12.5 Å². The van der Waals surface area contributed by atoms with Crippen molar-refractivity contribution in [3.8, 4) is 0 Å². The third-order valence-electron chi connectivity index (χ3n) is 2.11. The fourth-order valence-electron chi connectivity index (χ4n) is 1.20. The van der Waals surface area contributed by atoms with Crippen molar-refractivity contribution in [2.24, 2.45) is 0 Å². The van der Waals surface area contributed by atoms with Gasteiger partial charge in [-0.2, -0.15) is 0 Å². The van der Waals surface area contributed by atoms with Gasteiger partial charge < -0.3 is 17.1 Å². The van der Waals surface area contributed by atoms with E-state index in [1.165, 1.54) is 6.08 Å². The standard InChI is InChI=1S/C7H20O5Si4.6CH4/c1-2-4-7(8)9-5-3-6-16(10-13,11-14)12-15;;;;;;/h2,4H,3,5-6H2,1,13-15H3;6*1H4. The molecule has 9 heteroatoms. The minimum Gasteiger partial charge on any atom is -0.463 e. The summed E-state index contributed by atoms with van der Waals surface area (Å²) in [6, 6.07) is 0.729. The zero-order valence-electron chi connectivity index (χ0n) is 10.3. The van der Waals surface area contributed by atoms with Crippen molar-refractivity contribution in [1.29, 1.82) is 0 Å². The molecule has 0 bridgehead atoms. The van der Waals surface area contributed by atoms with Crippen LogP contribution in [0.3, 0.4) is 0 Å². The molecule has 5 nitrogen and oxygen atoms in total. The van der Waals surface area contributed by atoms with E-state index in [9.17, 15) is 4.79 Å². The van der Waals surface area contributed by atoms with E-state index in [1.807, 2.05) is 0 Å². The maximum atomic E-state index is 11.0. The van der Waals surface area contributed by atoms with Crippen LogP contribution in [-0.4, -0.2) is 52.8 Å². The number of hydrogen-bond donors (Lipinski definition) is 0. The Morgan fingerprint density at radius 3 is 1.68 bits per heavy atom. The van der Waals surface area contributed by atoms with Crippen LogP contribution < -0.4 is 0 Å². The molecule has 0 fully saturated rings. The maximum Gasteiger partial charge on any atom is 0.467 e. The molecule has 0 saturated heterocycles. The Hall–Kier alpha value is -0.0425. The third kappa shape index (κ3) is 18.0. The van der Waals surface area contributed by atoms with Gasteiger partial charge in [-0.1, -0.05) is 50.6 Å². The molecule has 0 heterocycles. The van der Waals surface area contributed by atoms with Gasteiger partial charge in [-0.3, -0.25) is 0 Å². The third-order valence-corrected chi connectivity index (χ3v) is 10.5. The summed E-state index contributed by atoms with van der Waals surface area (Å²) < 4.78 is 21.3. The molecule has 0 atom stereocenters. The van der Waals surface area contributed by atoms with Crippen molar-refractivity contribution in [2.45, 2.75) is 63.9 Å². The quantitative estimate of drug-likeness (QED) is 0.268. The van der Waals surface area contributed by atoms with Crippen molar-refractivity contribution >= 4 is 46.2 Å². The topological polar surface area (TPSA) is 54.0 Å². The smallest absolute Gasteiger partial charge is 0.463 e. The van der Waals surface area contributed by atoms with Crippen LogP contribution in [0.25, 0.3) is 0 Å². The van der Waals surface area contributed by atoms with Gasteiger partial charge in [0, 0.05) is 12.1 Å². The number of ether oxygens (including phenoxy) is 1. The average molecular weight is 393 g/mol. The highest BCUT2D eigenvalue weighted by molar-refractivity contribution is 6.69. The second-order valence-electron chi connectivity index (χ2n) is 3.07. The van der Waals surface area contributed by atoms with E-state index < -0.39 is 8.80 Å². The highest BCUT2D eigenvalue weighted by Gasteiger charge is 2.34. The molecule has 0 N–H and O–H groups in total. The highest BCUT2D eigenvalue weighted by Crippen LogP contribution is 2.13. The Bertz CT molecular complexity index is 228. The molecule has 0 saturated carbocycles. The summed E-state index contributed by atoms with van der Waals surface area (Å²) in [4.78, 5) is 11.0. The lowest BCUT2D eigenvalue weighted by atomic mass is 10.5. The number of rotatable bonds is 8. The molecule has 0 spiro atoms. The average Bonchev–Trinajstić information content (AvgIpc) is 2.31. The van der Waals surface area contributed by atoms with Crippen LogP contribution >= 0.6 is 0 Å². The molecule has 0 aromatic rings. The molecule has 22 heavy (non-hydrogen) atoms. The van der Waals surface area contributed by atoms with Crippen LogP contribution in [0.4, 0.5) is 0 Å². The normalized spacial score (nSPS) is 11.3. The molecule has 0 radical (unpaired) electrons. The predicted octanol–water partition coefficient (Wildman–Crippen LogP) is 1.14. The number of carbonyl (C=O) groups is 1. The fraction of sp³-hybridized carbons (Fsp3) is 0.769. The Labute approximate surface area is 151 Å². The van der Waals surface area contributed by atoms with Crippen molar-refractivity contribution in [3.05, 3.63) is 12.2 Å². The first-order chi connectivity index (χ1) is 7.64. The molecular weight excluding hydrogens is 348 g/mol. The number of esters is 1. The Balaban J connectivity index is -0.0000000750. The maximum absolute atomic E-state index is 11.0. The molecule has 0 aliphatic rings. The second-order valence-corrected chi connectivity index (χ2v) is 9.83. The minimum absolute atomic E-state index is 0. The van der Waals surface area contributed by atoms with E-state index in [-0.39, 0.29) is 50.5 Å². The lowest BCUT2D eigenvalue weighted by molar-refractivity contribution is -0.137. The summed E-state index contributed by atoms with van der Waals surface area (Å²) in [6.45, 7) is 2.17. The molecule has 0 aromatic carbocycles. The van der Waals surface area contributed by atoms with Crippen molar-refractivity contribution in [2.75, 3.05) is 6.61 Å². The number of carbonyl (C=O) groups excluding carboxylic acids is 1. The summed E-state index contributed by atoms with van der Waals surface area (Å²) in [5.41, 5.74) is 0. The molecule has 0 aromatic heterocycles. The van der Waals surface area contributed by atoms with E-state index in [4.69, 9.17) is 17.1 Å². The Kier molecular flexibility index (Phi) is 50.7. The SMILES string of the molecule is C.C.C.C.C.C.CC=CC(=O)OCCC[Si](O[SiH3])(O[SiH3])O[SiH3]. The van der Waals surface area contributed by atoms with E-state index in [0.29, 0.717) is 38.1 Å². The van der Waals surface area contributed by atoms with Gasteiger partial charge in [0.05, 0.1) is 6.61 Å². The van der Waals surface area contributed by atoms with Gasteiger partial charge in [0.15, 0.2) is 0 Å². The number of hydrogen-bond acceptors (Lipinski definition) is 5. The van der Waals surface area contributed by atoms with Crippen LogP contribution in [0, 0.1) is 0 Å². The summed E-state index contributed by atoms with van der Waals surface area (Å²) in [5.74, 6) is -0.305. The van der Waals surface area contributed by atoms with Gasteiger partial charge in [-0.25, -0.2) is 4.79 Å². The first kappa shape index (κ1) is 43.1. The molecular formula is C13H44O5Si4. The molecule has 142 valence electrons. The number of allylic oxidation sites excluding steroid dienone is 1. The first-order valence-electron chi connectivity index (χ1n) is 5.09. The minimum atomic E-state index is -2.33. The molecule has 0 unspecified atom stereocenters. The van der Waals surface area contributed by atoms with Gasteiger partial charge in [0.2, 0.25) is 0 Å². The van der Waals surface area contributed by atoms with Crippen molar-refractivity contribution in [1.82, 2.24) is 0 Å². The van der Waals surface area contributed by atoms with E-state index >= 15 is 0 Å². The molecule has 0 amide bonds. The van der Waals surface area contributed by atoms with Crippen LogP contribution in [-0.2, 0) is 21.9 Å². The largest absolute Gasteiger partial charge is 0.467 e. The highest BCUT2D eigenvalue weighted by atomic mass is 28.5. The van der Waals surface area contributed by atoms with Gasteiger partial charge in [-0.05, 0) is 13.3 Å². The lowest BCUT2D eigenvalue weighted by Crippen LogP contribution is -2.44. The van der Waals surface area contributed by atoms with Crippen LogP contribution in [0.2, 0.25) is 6.04 Å². The van der Waals surface area contributed by atoms with Crippen molar-refractivity contribution < 1.29 is 21.9 Å². The van der Waals surface area contributed by atoms with Gasteiger partial charge in [0.1, 0.15) is 31.5 Å². The summed E-state index contributed by atoms with van der Waals surface area (Å²) in [6.07, 6.45) is 3.78. The monoisotopic (exact) mass is 392 g/mol. The Morgan fingerprint density at radius 2 is 1.36 bits per heavy atom. The van der Waals surface area contributed by atoms with E-state index in [1.54, 1.807) is 13.0 Å². The fourth-order valence-corrected chi connectivity index (χ4v) is 10.7. The van der Waals surface area contributed by atoms with Crippen LogP contribution in [0.5, 0.6) is 0 Å². The van der Waals surface area contributed by atoms with Crippen molar-refractivity contribution in [3.63, 3.8) is 0 Å². The van der Waals surface area contributed by atoms with Gasteiger partial charge in [-0.15, -0.1) is 0 Å². The Morgan fingerprint density at radius 1 is 0.955 bits per heavy atom. The molecule has 0 aliphatic heterocycles. The van der Waals surface area contributed by atoms with Gasteiger partial charge in [0.25, 0.3) is 0 Å². The molecule has 0 aliphatic carbocycles. The first-order valence-corrected chi connectivity index (χ1v) is 9.47. The second kappa shape index (κ2) is 25.9. The van der Waals surface area contributed by atoms with Gasteiger partial charge >= 0.3 is 14.8 Å². The van der Waals surface area contributed by atoms with Crippen LogP contribution in [0.15, 0.2) is 12.2 Å². The predicted molar refractivity (Wildman–Crippen MR) is 114 cm³/mol.